The van der Waals surface area contributed by atoms with E-state index in [9.17, 15) is 4.79 Å². The summed E-state index contributed by atoms with van der Waals surface area (Å²) in [7, 11) is 0. The Labute approximate surface area is 143 Å². The van der Waals surface area contributed by atoms with Gasteiger partial charge in [0.05, 0.1) is 30.5 Å². The highest BCUT2D eigenvalue weighted by Gasteiger charge is 2.10. The smallest absolute Gasteiger partial charge is 0.258 e. The summed E-state index contributed by atoms with van der Waals surface area (Å²) in [6.45, 7) is 0.153. The summed E-state index contributed by atoms with van der Waals surface area (Å²) in [5.74, 6) is 0.321. The summed E-state index contributed by atoms with van der Waals surface area (Å²) in [6.07, 6.45) is 6.32. The fourth-order valence-corrected chi connectivity index (χ4v) is 2.18. The van der Waals surface area contributed by atoms with Crippen LogP contribution in [0, 0.1) is 0 Å². The highest BCUT2D eigenvalue weighted by Crippen LogP contribution is 2.19. The zero-order valence-corrected chi connectivity index (χ0v) is 13.4. The minimum atomic E-state index is -0.256. The third-order valence-corrected chi connectivity index (χ3v) is 3.46. The van der Waals surface area contributed by atoms with Crippen molar-refractivity contribution in [1.29, 1.82) is 0 Å². The Bertz CT molecular complexity index is 804. The van der Waals surface area contributed by atoms with Crippen LogP contribution in [0.4, 0.5) is 0 Å². The summed E-state index contributed by atoms with van der Waals surface area (Å²) in [5.41, 5.74) is 2.13. The van der Waals surface area contributed by atoms with Crippen molar-refractivity contribution >= 4 is 17.5 Å². The summed E-state index contributed by atoms with van der Waals surface area (Å²) >= 11 is 5.79. The topological polar surface area (TPSA) is 77.2 Å². The lowest BCUT2D eigenvalue weighted by Gasteiger charge is -2.09. The molecule has 0 spiro atoms. The van der Waals surface area contributed by atoms with Gasteiger partial charge in [-0.05, 0) is 30.3 Å². The molecule has 7 heteroatoms. The monoisotopic (exact) mass is 343 g/mol. The molecule has 122 valence electrons. The molecule has 0 radical (unpaired) electrons. The molecule has 0 saturated heterocycles. The van der Waals surface area contributed by atoms with Crippen molar-refractivity contribution in [2.75, 3.05) is 6.61 Å². The molecule has 0 unspecified atom stereocenters. The van der Waals surface area contributed by atoms with E-state index in [1.165, 1.54) is 0 Å². The van der Waals surface area contributed by atoms with Crippen LogP contribution < -0.4 is 10.1 Å². The molecule has 3 rings (SSSR count). The second kappa shape index (κ2) is 7.61. The van der Waals surface area contributed by atoms with E-state index in [1.54, 1.807) is 55.3 Å². The number of aromatic nitrogens is 2. The van der Waals surface area contributed by atoms with Crippen LogP contribution >= 0.6 is 11.6 Å². The number of amides is 1. The Morgan fingerprint density at radius 2 is 1.96 bits per heavy atom. The lowest BCUT2D eigenvalue weighted by Crippen LogP contribution is -2.29. The standard InChI is InChI=1S/C17H14ClN3O3/c18-13-1-3-14(4-2-13)24-11-16(22)21-9-15-17(20-7-6-19-15)12-5-8-23-10-12/h1-8,10H,9,11H2,(H,21,22). The van der Waals surface area contributed by atoms with Crippen molar-refractivity contribution in [1.82, 2.24) is 15.3 Å². The Morgan fingerprint density at radius 3 is 2.71 bits per heavy atom. The molecule has 24 heavy (non-hydrogen) atoms. The van der Waals surface area contributed by atoms with Crippen LogP contribution in [0.2, 0.25) is 5.02 Å². The molecule has 0 aliphatic carbocycles. The molecule has 2 heterocycles. The summed E-state index contributed by atoms with van der Waals surface area (Å²) in [5, 5.41) is 3.37. The van der Waals surface area contributed by atoms with Crippen LogP contribution in [0.15, 0.2) is 59.7 Å². The minimum absolute atomic E-state index is 0.0943. The third-order valence-electron chi connectivity index (χ3n) is 3.21. The number of hydrogen-bond acceptors (Lipinski definition) is 5. The first-order valence-corrected chi connectivity index (χ1v) is 7.57. The quantitative estimate of drug-likeness (QED) is 0.744. The van der Waals surface area contributed by atoms with Crippen molar-refractivity contribution in [2.45, 2.75) is 6.54 Å². The highest BCUT2D eigenvalue weighted by atomic mass is 35.5. The number of carbonyl (C=O) groups is 1. The van der Waals surface area contributed by atoms with Crippen molar-refractivity contribution < 1.29 is 13.9 Å². The van der Waals surface area contributed by atoms with E-state index in [0.29, 0.717) is 22.2 Å². The van der Waals surface area contributed by atoms with Crippen LogP contribution in [0.1, 0.15) is 5.69 Å². The molecule has 0 aliphatic rings. The number of nitrogens with one attached hydrogen (secondary N) is 1. The largest absolute Gasteiger partial charge is 0.484 e. The van der Waals surface area contributed by atoms with Gasteiger partial charge in [-0.1, -0.05) is 11.6 Å². The van der Waals surface area contributed by atoms with Gasteiger partial charge >= 0.3 is 0 Å². The molecule has 2 aromatic heterocycles. The van der Waals surface area contributed by atoms with Crippen LogP contribution in [0.3, 0.4) is 0 Å². The zero-order valence-electron chi connectivity index (χ0n) is 12.6. The van der Waals surface area contributed by atoms with Crippen LogP contribution in [0.25, 0.3) is 11.3 Å². The molecule has 6 nitrogen and oxygen atoms in total. The van der Waals surface area contributed by atoms with E-state index in [2.05, 4.69) is 15.3 Å². The van der Waals surface area contributed by atoms with Gasteiger partial charge in [0.15, 0.2) is 6.61 Å². The van der Waals surface area contributed by atoms with Crippen LogP contribution in [0.5, 0.6) is 5.75 Å². The Hall–Kier alpha value is -2.86. The second-order valence-corrected chi connectivity index (χ2v) is 5.32. The zero-order chi connectivity index (χ0) is 16.8. The lowest BCUT2D eigenvalue weighted by molar-refractivity contribution is -0.123. The number of furan rings is 1. The van der Waals surface area contributed by atoms with E-state index in [0.717, 1.165) is 5.56 Å². The van der Waals surface area contributed by atoms with Gasteiger partial charge in [0.2, 0.25) is 0 Å². The number of hydrogen-bond donors (Lipinski definition) is 1. The van der Waals surface area contributed by atoms with Crippen LogP contribution in [-0.2, 0) is 11.3 Å². The van der Waals surface area contributed by atoms with E-state index in [4.69, 9.17) is 20.8 Å². The maximum atomic E-state index is 11.9. The first-order chi connectivity index (χ1) is 11.7. The number of benzene rings is 1. The number of nitrogens with zero attached hydrogens (tertiary/aromatic N) is 2. The van der Waals surface area contributed by atoms with E-state index in [-0.39, 0.29) is 19.1 Å². The molecule has 1 amide bonds. The normalized spacial score (nSPS) is 10.4. The summed E-state index contributed by atoms with van der Waals surface area (Å²) < 4.78 is 10.5. The fourth-order valence-electron chi connectivity index (χ4n) is 2.05. The van der Waals surface area contributed by atoms with Gasteiger partial charge in [0, 0.05) is 23.0 Å². The second-order valence-electron chi connectivity index (χ2n) is 4.88. The molecule has 0 aliphatic heterocycles. The predicted molar refractivity (Wildman–Crippen MR) is 88.5 cm³/mol. The number of rotatable bonds is 6. The molecular formula is C17H14ClN3O3. The molecule has 0 atom stereocenters. The van der Waals surface area contributed by atoms with Gasteiger partial charge in [-0.3, -0.25) is 14.8 Å². The van der Waals surface area contributed by atoms with Gasteiger partial charge in [0.1, 0.15) is 5.75 Å². The first kappa shape index (κ1) is 16.0. The molecule has 0 bridgehead atoms. The van der Waals surface area contributed by atoms with Crippen molar-refractivity contribution in [3.63, 3.8) is 0 Å². The van der Waals surface area contributed by atoms with Crippen molar-refractivity contribution in [3.05, 3.63) is 66.0 Å². The Morgan fingerprint density at radius 1 is 1.17 bits per heavy atom. The molecule has 0 fully saturated rings. The third kappa shape index (κ3) is 4.11. The highest BCUT2D eigenvalue weighted by molar-refractivity contribution is 6.30. The average molecular weight is 344 g/mol. The van der Waals surface area contributed by atoms with Crippen molar-refractivity contribution in [2.24, 2.45) is 0 Å². The Kier molecular flexibility index (Phi) is 5.08. The van der Waals surface area contributed by atoms with Crippen molar-refractivity contribution in [3.8, 4) is 17.0 Å². The van der Waals surface area contributed by atoms with Gasteiger partial charge in [0.25, 0.3) is 5.91 Å². The van der Waals surface area contributed by atoms with Gasteiger partial charge < -0.3 is 14.5 Å². The summed E-state index contributed by atoms with van der Waals surface area (Å²) in [6, 6.07) is 8.60. The number of halogens is 1. The number of carbonyl (C=O) groups excluding carboxylic acids is 1. The molecule has 1 N–H and O–H groups in total. The SMILES string of the molecule is O=C(COc1ccc(Cl)cc1)NCc1nccnc1-c1ccoc1. The minimum Gasteiger partial charge on any atom is -0.484 e. The summed E-state index contributed by atoms with van der Waals surface area (Å²) in [4.78, 5) is 20.5. The average Bonchev–Trinajstić information content (AvgIpc) is 3.14. The molecule has 1 aromatic carbocycles. The predicted octanol–water partition coefficient (Wildman–Crippen LogP) is 3.09. The molecular weight excluding hydrogens is 330 g/mol. The molecule has 0 saturated carbocycles. The van der Waals surface area contributed by atoms with Crippen LogP contribution in [-0.4, -0.2) is 22.5 Å². The van der Waals surface area contributed by atoms with E-state index in [1.807, 2.05) is 0 Å². The Balaban J connectivity index is 1.56. The maximum Gasteiger partial charge on any atom is 0.258 e. The van der Waals surface area contributed by atoms with Gasteiger partial charge in [-0.15, -0.1) is 0 Å². The van der Waals surface area contributed by atoms with E-state index >= 15 is 0 Å². The lowest BCUT2D eigenvalue weighted by atomic mass is 10.2. The van der Waals surface area contributed by atoms with E-state index < -0.39 is 0 Å². The van der Waals surface area contributed by atoms with Gasteiger partial charge in [-0.2, -0.15) is 0 Å². The fraction of sp³-hybridized carbons (Fsp3) is 0.118. The van der Waals surface area contributed by atoms with Gasteiger partial charge in [-0.25, -0.2) is 0 Å². The maximum absolute atomic E-state index is 11.9. The first-order valence-electron chi connectivity index (χ1n) is 7.20. The number of ether oxygens (including phenoxy) is 1. The molecule has 3 aromatic rings.